The monoisotopic (exact) mass is 270 g/mol. The zero-order valence-electron chi connectivity index (χ0n) is 13.0. The van der Waals surface area contributed by atoms with E-state index in [1.165, 1.54) is 58.0 Å². The van der Waals surface area contributed by atoms with Crippen LogP contribution in [0.3, 0.4) is 0 Å². The van der Waals surface area contributed by atoms with Crippen LogP contribution in [0.15, 0.2) is 0 Å². The van der Waals surface area contributed by atoms with Crippen LogP contribution in [-0.4, -0.2) is 42.3 Å². The zero-order chi connectivity index (χ0) is 14.1. The molecule has 3 nitrogen and oxygen atoms in total. The maximum absolute atomic E-state index is 10.2. The van der Waals surface area contributed by atoms with Crippen LogP contribution in [0.2, 0.25) is 0 Å². The molecule has 19 heavy (non-hydrogen) atoms. The Morgan fingerprint density at radius 3 is 2.42 bits per heavy atom. The van der Waals surface area contributed by atoms with Gasteiger partial charge >= 0.3 is 0 Å². The quantitative estimate of drug-likeness (QED) is 0.633. The van der Waals surface area contributed by atoms with Gasteiger partial charge in [-0.05, 0) is 51.7 Å². The van der Waals surface area contributed by atoms with Gasteiger partial charge in [0.2, 0.25) is 0 Å². The van der Waals surface area contributed by atoms with E-state index < -0.39 is 0 Å². The summed E-state index contributed by atoms with van der Waals surface area (Å²) in [4.78, 5) is 2.37. The van der Waals surface area contributed by atoms with E-state index in [1.54, 1.807) is 0 Å². The average Bonchev–Trinajstić information content (AvgIpc) is 2.41. The Labute approximate surface area is 119 Å². The van der Waals surface area contributed by atoms with E-state index in [1.807, 2.05) is 0 Å². The summed E-state index contributed by atoms with van der Waals surface area (Å²) in [6.45, 7) is 4.57. The lowest BCUT2D eigenvalue weighted by Crippen LogP contribution is -2.38. The number of hydrogen-bond acceptors (Lipinski definition) is 3. The topological polar surface area (TPSA) is 49.5 Å². The van der Waals surface area contributed by atoms with Crippen molar-refractivity contribution in [2.75, 3.05) is 20.1 Å². The predicted octanol–water partition coefficient (Wildman–Crippen LogP) is 2.77. The highest BCUT2D eigenvalue weighted by molar-refractivity contribution is 4.78. The molecule has 0 spiro atoms. The van der Waals surface area contributed by atoms with Gasteiger partial charge in [0.15, 0.2) is 0 Å². The molecule has 1 fully saturated rings. The Morgan fingerprint density at radius 2 is 1.79 bits per heavy atom. The van der Waals surface area contributed by atoms with Gasteiger partial charge in [-0.1, -0.05) is 39.0 Å². The van der Waals surface area contributed by atoms with E-state index in [2.05, 4.69) is 18.9 Å². The van der Waals surface area contributed by atoms with Crippen molar-refractivity contribution in [1.82, 2.24) is 4.90 Å². The minimum atomic E-state index is -0.292. The second kappa shape index (κ2) is 9.73. The fourth-order valence-electron chi connectivity index (χ4n) is 2.99. The molecule has 0 radical (unpaired) electrons. The molecule has 0 aromatic rings. The van der Waals surface area contributed by atoms with Crippen molar-refractivity contribution in [3.63, 3.8) is 0 Å². The summed E-state index contributed by atoms with van der Waals surface area (Å²) in [5, 5.41) is 10.2. The lowest BCUT2D eigenvalue weighted by atomic mass is 9.88. The van der Waals surface area contributed by atoms with Crippen molar-refractivity contribution >= 4 is 0 Å². The van der Waals surface area contributed by atoms with Gasteiger partial charge in [-0.15, -0.1) is 0 Å². The molecule has 1 saturated heterocycles. The van der Waals surface area contributed by atoms with E-state index in [-0.39, 0.29) is 12.1 Å². The summed E-state index contributed by atoms with van der Waals surface area (Å²) in [5.41, 5.74) is 6.12. The number of likely N-dealkylation sites (tertiary alicyclic amines) is 1. The summed E-state index contributed by atoms with van der Waals surface area (Å²) in [6, 6.07) is -0.0127. The average molecular weight is 270 g/mol. The normalized spacial score (nSPS) is 21.5. The second-order valence-corrected chi connectivity index (χ2v) is 6.42. The van der Waals surface area contributed by atoms with Gasteiger partial charge in [0.1, 0.15) is 0 Å². The molecule has 1 aliphatic rings. The van der Waals surface area contributed by atoms with Gasteiger partial charge in [0.25, 0.3) is 0 Å². The van der Waals surface area contributed by atoms with Gasteiger partial charge in [-0.2, -0.15) is 0 Å². The van der Waals surface area contributed by atoms with E-state index in [4.69, 9.17) is 5.73 Å². The van der Waals surface area contributed by atoms with Crippen molar-refractivity contribution in [3.05, 3.63) is 0 Å². The lowest BCUT2D eigenvalue weighted by Gasteiger charge is -2.31. The number of unbranched alkanes of at least 4 members (excludes halogenated alkanes) is 4. The molecule has 1 heterocycles. The Morgan fingerprint density at radius 1 is 1.16 bits per heavy atom. The van der Waals surface area contributed by atoms with Crippen molar-refractivity contribution in [3.8, 4) is 0 Å². The number of nitrogens with two attached hydrogens (primary N) is 1. The zero-order valence-corrected chi connectivity index (χ0v) is 13.0. The molecule has 0 aromatic heterocycles. The first-order valence-corrected chi connectivity index (χ1v) is 8.25. The highest BCUT2D eigenvalue weighted by Gasteiger charge is 2.22. The number of piperidine rings is 1. The molecule has 0 aliphatic carbocycles. The molecule has 0 bridgehead atoms. The van der Waals surface area contributed by atoms with Crippen LogP contribution in [0.4, 0.5) is 0 Å². The van der Waals surface area contributed by atoms with E-state index in [9.17, 15) is 5.11 Å². The molecule has 3 heteroatoms. The van der Waals surface area contributed by atoms with Crippen molar-refractivity contribution in [2.45, 2.75) is 76.9 Å². The molecule has 0 amide bonds. The summed E-state index contributed by atoms with van der Waals surface area (Å²) in [7, 11) is 2.18. The second-order valence-electron chi connectivity index (χ2n) is 6.42. The molecule has 114 valence electrons. The molecule has 0 saturated carbocycles. The first-order valence-electron chi connectivity index (χ1n) is 8.25. The highest BCUT2D eigenvalue weighted by atomic mass is 16.3. The van der Waals surface area contributed by atoms with Crippen LogP contribution in [0, 0.1) is 5.92 Å². The summed E-state index contributed by atoms with van der Waals surface area (Å²) in [5.74, 6) is 0.678. The van der Waals surface area contributed by atoms with Crippen LogP contribution in [0.1, 0.15) is 64.7 Å². The van der Waals surface area contributed by atoms with Gasteiger partial charge in [0, 0.05) is 6.04 Å². The third-order valence-electron chi connectivity index (χ3n) is 4.55. The minimum Gasteiger partial charge on any atom is -0.392 e. The smallest absolute Gasteiger partial charge is 0.0693 e. The Balaban J connectivity index is 2.08. The summed E-state index contributed by atoms with van der Waals surface area (Å²) in [6.07, 6.45) is 10.4. The SMILES string of the molecule is CCCCCCCC(N)C(O)CC1CCN(C)CC1. The molecule has 1 aliphatic heterocycles. The Kier molecular flexibility index (Phi) is 8.67. The Bertz CT molecular complexity index is 215. The van der Waals surface area contributed by atoms with Crippen LogP contribution < -0.4 is 5.73 Å². The fraction of sp³-hybridized carbons (Fsp3) is 1.00. The number of aliphatic hydroxyl groups is 1. The fourth-order valence-corrected chi connectivity index (χ4v) is 2.99. The van der Waals surface area contributed by atoms with E-state index >= 15 is 0 Å². The highest BCUT2D eigenvalue weighted by Crippen LogP contribution is 2.22. The van der Waals surface area contributed by atoms with E-state index in [0.717, 1.165) is 12.8 Å². The van der Waals surface area contributed by atoms with Crippen molar-refractivity contribution in [1.29, 1.82) is 0 Å². The van der Waals surface area contributed by atoms with Crippen molar-refractivity contribution in [2.24, 2.45) is 11.7 Å². The maximum Gasteiger partial charge on any atom is 0.0693 e. The molecule has 2 atom stereocenters. The number of aliphatic hydroxyl groups excluding tert-OH is 1. The molecule has 0 aromatic carbocycles. The first-order chi connectivity index (χ1) is 9.13. The number of nitrogens with zero attached hydrogens (tertiary/aromatic N) is 1. The summed E-state index contributed by atoms with van der Waals surface area (Å²) < 4.78 is 0. The van der Waals surface area contributed by atoms with Crippen LogP contribution >= 0.6 is 0 Å². The predicted molar refractivity (Wildman–Crippen MR) is 82.2 cm³/mol. The standard InChI is InChI=1S/C16H34N2O/c1-3-4-5-6-7-8-15(17)16(19)13-14-9-11-18(2)12-10-14/h14-16,19H,3-13,17H2,1-2H3. The third kappa shape index (κ3) is 7.28. The van der Waals surface area contributed by atoms with Crippen LogP contribution in [0.5, 0.6) is 0 Å². The third-order valence-corrected chi connectivity index (χ3v) is 4.55. The van der Waals surface area contributed by atoms with Gasteiger partial charge < -0.3 is 15.7 Å². The van der Waals surface area contributed by atoms with Gasteiger partial charge in [0.05, 0.1) is 6.10 Å². The minimum absolute atomic E-state index is 0.0127. The molecular weight excluding hydrogens is 236 g/mol. The lowest BCUT2D eigenvalue weighted by molar-refractivity contribution is 0.0909. The van der Waals surface area contributed by atoms with Crippen LogP contribution in [-0.2, 0) is 0 Å². The maximum atomic E-state index is 10.2. The first kappa shape index (κ1) is 16.9. The van der Waals surface area contributed by atoms with Gasteiger partial charge in [-0.25, -0.2) is 0 Å². The molecule has 1 rings (SSSR count). The van der Waals surface area contributed by atoms with Crippen LogP contribution in [0.25, 0.3) is 0 Å². The molecular formula is C16H34N2O. The largest absolute Gasteiger partial charge is 0.392 e. The number of rotatable bonds is 9. The molecule has 2 unspecified atom stereocenters. The van der Waals surface area contributed by atoms with E-state index in [0.29, 0.717) is 5.92 Å². The summed E-state index contributed by atoms with van der Waals surface area (Å²) >= 11 is 0. The Hall–Kier alpha value is -0.120. The molecule has 3 N–H and O–H groups in total. The van der Waals surface area contributed by atoms with Crippen molar-refractivity contribution < 1.29 is 5.11 Å². The number of hydrogen-bond donors (Lipinski definition) is 2. The van der Waals surface area contributed by atoms with Gasteiger partial charge in [-0.3, -0.25) is 0 Å².